The highest BCUT2D eigenvalue weighted by Gasteiger charge is 2.47. The van der Waals surface area contributed by atoms with Gasteiger partial charge in [0, 0.05) is 24.6 Å². The zero-order valence-corrected chi connectivity index (χ0v) is 16.5. The molecule has 3 rings (SSSR count). The van der Waals surface area contributed by atoms with Crippen molar-refractivity contribution in [3.8, 4) is 0 Å². The lowest BCUT2D eigenvalue weighted by Gasteiger charge is -2.25. The van der Waals surface area contributed by atoms with E-state index in [2.05, 4.69) is 10.7 Å². The maximum Gasteiger partial charge on any atom is 0.344 e. The van der Waals surface area contributed by atoms with Crippen LogP contribution in [0.4, 0.5) is 4.79 Å². The van der Waals surface area contributed by atoms with E-state index in [1.807, 2.05) is 29.3 Å². The molecule has 2 fully saturated rings. The number of hydrazine groups is 1. The van der Waals surface area contributed by atoms with Crippen molar-refractivity contribution >= 4 is 29.2 Å². The van der Waals surface area contributed by atoms with Crippen LogP contribution >= 0.6 is 11.3 Å². The van der Waals surface area contributed by atoms with Crippen molar-refractivity contribution in [1.29, 1.82) is 0 Å². The third-order valence-corrected chi connectivity index (χ3v) is 5.88. The first-order valence-electron chi connectivity index (χ1n) is 9.24. The number of thiophene rings is 1. The molecule has 2 aliphatic heterocycles. The number of imide groups is 1. The molecule has 2 N–H and O–H groups in total. The molecule has 2 aliphatic rings. The molecular weight excluding hydrogens is 368 g/mol. The van der Waals surface area contributed by atoms with E-state index in [9.17, 15) is 14.4 Å². The molecular formula is C18H26N4O4S. The van der Waals surface area contributed by atoms with Crippen LogP contribution in [-0.4, -0.2) is 59.1 Å². The lowest BCUT2D eigenvalue weighted by atomic mass is 10.00. The average molecular weight is 394 g/mol. The summed E-state index contributed by atoms with van der Waals surface area (Å²) in [5.74, 6) is -0.833. The van der Waals surface area contributed by atoms with Gasteiger partial charge in [-0.05, 0) is 37.6 Å². The molecule has 0 radical (unpaired) electrons. The van der Waals surface area contributed by atoms with Crippen molar-refractivity contribution in [3.63, 3.8) is 0 Å². The smallest absolute Gasteiger partial charge is 0.344 e. The first kappa shape index (κ1) is 19.8. The maximum atomic E-state index is 12.5. The molecule has 148 valence electrons. The summed E-state index contributed by atoms with van der Waals surface area (Å²) >= 11 is 1.63. The SMILES string of the molecule is CCC1(C)NC(=O)N(NC(=O)CN(Cc2cccs2)CC2CCCO2)C1=O. The van der Waals surface area contributed by atoms with E-state index in [0.29, 0.717) is 19.5 Å². The van der Waals surface area contributed by atoms with Crippen LogP contribution in [0.2, 0.25) is 0 Å². The Kier molecular flexibility index (Phi) is 6.13. The summed E-state index contributed by atoms with van der Waals surface area (Å²) < 4.78 is 5.69. The van der Waals surface area contributed by atoms with E-state index < -0.39 is 23.4 Å². The fraction of sp³-hybridized carbons (Fsp3) is 0.611. The van der Waals surface area contributed by atoms with Crippen molar-refractivity contribution in [2.24, 2.45) is 0 Å². The van der Waals surface area contributed by atoms with Gasteiger partial charge < -0.3 is 10.1 Å². The number of hydrogen-bond donors (Lipinski definition) is 2. The molecule has 1 aromatic heterocycles. The predicted molar refractivity (Wildman–Crippen MR) is 101 cm³/mol. The summed E-state index contributed by atoms with van der Waals surface area (Å²) in [6.45, 7) is 5.56. The Bertz CT molecular complexity index is 690. The predicted octanol–water partition coefficient (Wildman–Crippen LogP) is 1.48. The number of nitrogens with zero attached hydrogens (tertiary/aromatic N) is 2. The summed E-state index contributed by atoms with van der Waals surface area (Å²) in [4.78, 5) is 40.2. The van der Waals surface area contributed by atoms with Gasteiger partial charge in [-0.1, -0.05) is 13.0 Å². The Morgan fingerprint density at radius 1 is 1.52 bits per heavy atom. The van der Waals surface area contributed by atoms with Crippen molar-refractivity contribution in [1.82, 2.24) is 20.7 Å². The molecule has 0 saturated carbocycles. The van der Waals surface area contributed by atoms with E-state index in [1.54, 1.807) is 18.3 Å². The zero-order chi connectivity index (χ0) is 19.4. The van der Waals surface area contributed by atoms with E-state index in [1.165, 1.54) is 0 Å². The highest BCUT2D eigenvalue weighted by atomic mass is 32.1. The normalized spacial score (nSPS) is 25.3. The summed E-state index contributed by atoms with van der Waals surface area (Å²) in [5.41, 5.74) is 1.48. The zero-order valence-electron chi connectivity index (χ0n) is 15.7. The van der Waals surface area contributed by atoms with Gasteiger partial charge in [0.15, 0.2) is 0 Å². The Labute approximate surface area is 162 Å². The van der Waals surface area contributed by atoms with Crippen molar-refractivity contribution in [2.75, 3.05) is 19.7 Å². The summed E-state index contributed by atoms with van der Waals surface area (Å²) in [6, 6.07) is 3.40. The van der Waals surface area contributed by atoms with Gasteiger partial charge >= 0.3 is 6.03 Å². The van der Waals surface area contributed by atoms with Crippen molar-refractivity contribution < 1.29 is 19.1 Å². The van der Waals surface area contributed by atoms with Gasteiger partial charge in [0.1, 0.15) is 5.54 Å². The molecule has 2 saturated heterocycles. The minimum atomic E-state index is -0.974. The standard InChI is InChI=1S/C18H26N4O4S/c1-3-18(2)16(24)22(17(25)19-18)20-15(23)12-21(10-13-6-4-8-26-13)11-14-7-5-9-27-14/h5,7,9,13H,3-4,6,8,10-12H2,1-2H3,(H,19,25)(H,20,23). The maximum absolute atomic E-state index is 12.5. The number of urea groups is 1. The lowest BCUT2D eigenvalue weighted by molar-refractivity contribution is -0.139. The summed E-state index contributed by atoms with van der Waals surface area (Å²) in [7, 11) is 0. The van der Waals surface area contributed by atoms with Crippen LogP contribution in [0.15, 0.2) is 17.5 Å². The van der Waals surface area contributed by atoms with Crippen LogP contribution in [0, 0.1) is 0 Å². The third kappa shape index (κ3) is 4.66. The van der Waals surface area contributed by atoms with Crippen LogP contribution < -0.4 is 10.7 Å². The minimum absolute atomic E-state index is 0.0810. The number of carbonyl (C=O) groups is 3. The molecule has 4 amide bonds. The molecule has 0 spiro atoms. The fourth-order valence-corrected chi connectivity index (χ4v) is 4.02. The molecule has 0 bridgehead atoms. The van der Waals surface area contributed by atoms with Gasteiger partial charge in [0.25, 0.3) is 11.8 Å². The number of nitrogens with one attached hydrogen (secondary N) is 2. The van der Waals surface area contributed by atoms with Crippen molar-refractivity contribution in [2.45, 2.75) is 51.3 Å². The summed E-state index contributed by atoms with van der Waals surface area (Å²) in [6.07, 6.45) is 2.57. The van der Waals surface area contributed by atoms with E-state index in [0.717, 1.165) is 29.3 Å². The van der Waals surface area contributed by atoms with Crippen LogP contribution in [0.25, 0.3) is 0 Å². The first-order chi connectivity index (χ1) is 12.9. The highest BCUT2D eigenvalue weighted by Crippen LogP contribution is 2.20. The highest BCUT2D eigenvalue weighted by molar-refractivity contribution is 7.09. The molecule has 1 aromatic rings. The first-order valence-corrected chi connectivity index (χ1v) is 10.1. The van der Waals surface area contributed by atoms with E-state index >= 15 is 0 Å². The minimum Gasteiger partial charge on any atom is -0.377 e. The number of hydrogen-bond acceptors (Lipinski definition) is 6. The summed E-state index contributed by atoms with van der Waals surface area (Å²) in [5, 5.41) is 5.42. The Morgan fingerprint density at radius 3 is 2.93 bits per heavy atom. The van der Waals surface area contributed by atoms with Gasteiger partial charge in [-0.2, -0.15) is 5.01 Å². The molecule has 2 atom stereocenters. The number of ether oxygens (including phenoxy) is 1. The van der Waals surface area contributed by atoms with Crippen molar-refractivity contribution in [3.05, 3.63) is 22.4 Å². The monoisotopic (exact) mass is 394 g/mol. The van der Waals surface area contributed by atoms with Gasteiger partial charge in [0.05, 0.1) is 12.6 Å². The molecule has 8 nitrogen and oxygen atoms in total. The second-order valence-corrected chi connectivity index (χ2v) is 8.21. The van der Waals surface area contributed by atoms with Crippen LogP contribution in [0.1, 0.15) is 38.0 Å². The van der Waals surface area contributed by atoms with Crippen LogP contribution in [0.3, 0.4) is 0 Å². The van der Waals surface area contributed by atoms with Gasteiger partial charge in [-0.15, -0.1) is 11.3 Å². The fourth-order valence-electron chi connectivity index (χ4n) is 3.27. The van der Waals surface area contributed by atoms with E-state index in [-0.39, 0.29) is 12.6 Å². The average Bonchev–Trinajstić information content (AvgIpc) is 3.35. The Morgan fingerprint density at radius 2 is 2.33 bits per heavy atom. The molecule has 0 aliphatic carbocycles. The molecule has 9 heteroatoms. The Hall–Kier alpha value is -1.97. The van der Waals surface area contributed by atoms with Gasteiger partial charge in [-0.3, -0.25) is 19.9 Å². The number of rotatable bonds is 8. The largest absolute Gasteiger partial charge is 0.377 e. The Balaban J connectivity index is 1.61. The number of amides is 4. The molecule has 3 heterocycles. The topological polar surface area (TPSA) is 91.0 Å². The second kappa shape index (κ2) is 8.37. The van der Waals surface area contributed by atoms with Crippen LogP contribution in [-0.2, 0) is 20.9 Å². The van der Waals surface area contributed by atoms with Gasteiger partial charge in [0.2, 0.25) is 0 Å². The third-order valence-electron chi connectivity index (χ3n) is 5.02. The second-order valence-electron chi connectivity index (χ2n) is 7.18. The molecule has 0 aromatic carbocycles. The van der Waals surface area contributed by atoms with E-state index in [4.69, 9.17) is 4.74 Å². The molecule has 27 heavy (non-hydrogen) atoms. The molecule has 2 unspecified atom stereocenters. The lowest BCUT2D eigenvalue weighted by Crippen LogP contribution is -2.51. The van der Waals surface area contributed by atoms with Crippen LogP contribution in [0.5, 0.6) is 0 Å². The quantitative estimate of drug-likeness (QED) is 0.652. The number of carbonyl (C=O) groups excluding carboxylic acids is 3. The van der Waals surface area contributed by atoms with Gasteiger partial charge in [-0.25, -0.2) is 4.79 Å².